The molecule has 0 aromatic rings. The Bertz CT molecular complexity index is 174. The minimum atomic E-state index is 0.596. The molecule has 0 amide bonds. The van der Waals surface area contributed by atoms with Crippen LogP contribution in [0.1, 0.15) is 64.2 Å². The fourth-order valence-electron chi connectivity index (χ4n) is 2.48. The van der Waals surface area contributed by atoms with Crippen molar-refractivity contribution >= 4 is 0 Å². The van der Waals surface area contributed by atoms with Crippen molar-refractivity contribution in [2.75, 3.05) is 13.2 Å². The second-order valence-electron chi connectivity index (χ2n) is 5.42. The molecule has 0 radical (unpaired) electrons. The summed E-state index contributed by atoms with van der Waals surface area (Å²) in [5.74, 6) is 0. The Morgan fingerprint density at radius 3 is 2.44 bits per heavy atom. The van der Waals surface area contributed by atoms with E-state index in [0.29, 0.717) is 6.10 Å². The Labute approximate surface area is 100 Å². The minimum absolute atomic E-state index is 0.596. The van der Waals surface area contributed by atoms with E-state index in [9.17, 15) is 0 Å². The predicted molar refractivity (Wildman–Crippen MR) is 67.7 cm³/mol. The molecule has 0 atom stereocenters. The number of nitrogens with one attached hydrogen (secondary N) is 1. The topological polar surface area (TPSA) is 21.3 Å². The van der Waals surface area contributed by atoms with Crippen molar-refractivity contribution in [1.82, 2.24) is 5.32 Å². The van der Waals surface area contributed by atoms with Crippen molar-refractivity contribution in [3.05, 3.63) is 0 Å². The van der Waals surface area contributed by atoms with Crippen LogP contribution in [0.3, 0.4) is 0 Å². The van der Waals surface area contributed by atoms with Gasteiger partial charge in [0, 0.05) is 12.6 Å². The van der Waals surface area contributed by atoms with Crippen molar-refractivity contribution in [3.8, 4) is 0 Å². The van der Waals surface area contributed by atoms with Crippen LogP contribution in [0.2, 0.25) is 0 Å². The molecule has 2 saturated carbocycles. The lowest BCUT2D eigenvalue weighted by Gasteiger charge is -2.21. The van der Waals surface area contributed by atoms with Gasteiger partial charge < -0.3 is 10.1 Å². The maximum absolute atomic E-state index is 5.90. The maximum Gasteiger partial charge on any atom is 0.0575 e. The van der Waals surface area contributed by atoms with Crippen molar-refractivity contribution in [2.24, 2.45) is 0 Å². The van der Waals surface area contributed by atoms with Crippen molar-refractivity contribution in [3.63, 3.8) is 0 Å². The smallest absolute Gasteiger partial charge is 0.0575 e. The molecule has 0 saturated heterocycles. The number of rotatable bonds is 8. The van der Waals surface area contributed by atoms with E-state index in [1.165, 1.54) is 70.8 Å². The van der Waals surface area contributed by atoms with Crippen LogP contribution in [-0.4, -0.2) is 25.3 Å². The molecule has 2 nitrogen and oxygen atoms in total. The highest BCUT2D eigenvalue weighted by atomic mass is 16.5. The van der Waals surface area contributed by atoms with E-state index in [1.54, 1.807) is 0 Å². The van der Waals surface area contributed by atoms with Gasteiger partial charge in [-0.1, -0.05) is 19.3 Å². The number of unbranched alkanes of at least 4 members (excludes halogenated alkanes) is 2. The Hall–Kier alpha value is -0.0800. The molecule has 0 spiro atoms. The van der Waals surface area contributed by atoms with Gasteiger partial charge in [0.1, 0.15) is 0 Å². The summed E-state index contributed by atoms with van der Waals surface area (Å²) in [5, 5.41) is 3.56. The van der Waals surface area contributed by atoms with E-state index >= 15 is 0 Å². The van der Waals surface area contributed by atoms with Gasteiger partial charge >= 0.3 is 0 Å². The normalized spacial score (nSPS) is 22.5. The second kappa shape index (κ2) is 7.29. The zero-order valence-electron chi connectivity index (χ0n) is 10.5. The zero-order valence-corrected chi connectivity index (χ0v) is 10.5. The van der Waals surface area contributed by atoms with Crippen LogP contribution in [0.15, 0.2) is 0 Å². The zero-order chi connectivity index (χ0) is 11.1. The lowest BCUT2D eigenvalue weighted by Crippen LogP contribution is -2.18. The van der Waals surface area contributed by atoms with Crippen LogP contribution in [0.5, 0.6) is 0 Å². The molecule has 0 bridgehead atoms. The summed E-state index contributed by atoms with van der Waals surface area (Å²) in [7, 11) is 0. The molecule has 0 aliphatic heterocycles. The molecule has 16 heavy (non-hydrogen) atoms. The summed E-state index contributed by atoms with van der Waals surface area (Å²) in [6.07, 6.45) is 14.1. The maximum atomic E-state index is 5.90. The van der Waals surface area contributed by atoms with E-state index < -0.39 is 0 Å². The third-order valence-electron chi connectivity index (χ3n) is 3.74. The summed E-state index contributed by atoms with van der Waals surface area (Å²) in [6.45, 7) is 2.21. The summed E-state index contributed by atoms with van der Waals surface area (Å²) in [5.41, 5.74) is 0. The average molecular weight is 225 g/mol. The highest BCUT2D eigenvalue weighted by Crippen LogP contribution is 2.20. The Morgan fingerprint density at radius 2 is 1.69 bits per heavy atom. The highest BCUT2D eigenvalue weighted by molar-refractivity contribution is 4.80. The van der Waals surface area contributed by atoms with Crippen molar-refractivity contribution in [2.45, 2.75) is 76.4 Å². The second-order valence-corrected chi connectivity index (χ2v) is 5.42. The Kier molecular flexibility index (Phi) is 5.64. The molecule has 2 heteroatoms. The van der Waals surface area contributed by atoms with Gasteiger partial charge in [0.25, 0.3) is 0 Å². The van der Waals surface area contributed by atoms with Gasteiger partial charge in [0.15, 0.2) is 0 Å². The van der Waals surface area contributed by atoms with E-state index in [2.05, 4.69) is 5.32 Å². The molecule has 2 fully saturated rings. The van der Waals surface area contributed by atoms with Gasteiger partial charge in [0.2, 0.25) is 0 Å². The van der Waals surface area contributed by atoms with E-state index in [4.69, 9.17) is 4.74 Å². The molecular formula is C14H27NO. The van der Waals surface area contributed by atoms with E-state index in [1.807, 2.05) is 0 Å². The molecule has 94 valence electrons. The Balaban J connectivity index is 1.33. The summed E-state index contributed by atoms with van der Waals surface area (Å²) in [6, 6.07) is 0.874. The first-order chi connectivity index (χ1) is 7.95. The number of hydrogen-bond acceptors (Lipinski definition) is 2. The van der Waals surface area contributed by atoms with Gasteiger partial charge in [-0.25, -0.2) is 0 Å². The molecule has 1 N–H and O–H groups in total. The quantitative estimate of drug-likeness (QED) is 0.640. The highest BCUT2D eigenvalue weighted by Gasteiger charge is 2.19. The SMILES string of the molecule is C(CCNC1CC1)CCOC1CCCCC1. The molecule has 0 heterocycles. The monoisotopic (exact) mass is 225 g/mol. The molecule has 0 aromatic heterocycles. The van der Waals surface area contributed by atoms with E-state index in [-0.39, 0.29) is 0 Å². The fraction of sp³-hybridized carbons (Fsp3) is 1.00. The van der Waals surface area contributed by atoms with Crippen molar-refractivity contribution < 1.29 is 4.74 Å². The third kappa shape index (κ3) is 5.31. The molecule has 2 aliphatic rings. The average Bonchev–Trinajstić information content (AvgIpc) is 3.13. The third-order valence-corrected chi connectivity index (χ3v) is 3.74. The predicted octanol–water partition coefficient (Wildman–Crippen LogP) is 3.26. The van der Waals surface area contributed by atoms with Crippen LogP contribution < -0.4 is 5.32 Å². The molecular weight excluding hydrogens is 198 g/mol. The summed E-state index contributed by atoms with van der Waals surface area (Å²) in [4.78, 5) is 0. The van der Waals surface area contributed by atoms with Crippen LogP contribution in [0.4, 0.5) is 0 Å². The van der Waals surface area contributed by atoms with E-state index in [0.717, 1.165) is 12.6 Å². The van der Waals surface area contributed by atoms with Gasteiger partial charge in [-0.15, -0.1) is 0 Å². The fourth-order valence-corrected chi connectivity index (χ4v) is 2.48. The lowest BCUT2D eigenvalue weighted by molar-refractivity contribution is 0.0263. The van der Waals surface area contributed by atoms with Crippen LogP contribution >= 0.6 is 0 Å². The summed E-state index contributed by atoms with van der Waals surface area (Å²) >= 11 is 0. The van der Waals surface area contributed by atoms with Gasteiger partial charge in [-0.3, -0.25) is 0 Å². The summed E-state index contributed by atoms with van der Waals surface area (Å²) < 4.78 is 5.90. The molecule has 0 unspecified atom stereocenters. The molecule has 0 aromatic carbocycles. The van der Waals surface area contributed by atoms with Crippen LogP contribution in [-0.2, 0) is 4.74 Å². The van der Waals surface area contributed by atoms with Crippen LogP contribution in [0, 0.1) is 0 Å². The van der Waals surface area contributed by atoms with Gasteiger partial charge in [0.05, 0.1) is 6.10 Å². The van der Waals surface area contributed by atoms with Gasteiger partial charge in [-0.05, 0) is 51.5 Å². The van der Waals surface area contributed by atoms with Crippen LogP contribution in [0.25, 0.3) is 0 Å². The number of hydrogen-bond donors (Lipinski definition) is 1. The van der Waals surface area contributed by atoms with Gasteiger partial charge in [-0.2, -0.15) is 0 Å². The largest absolute Gasteiger partial charge is 0.378 e. The first kappa shape index (κ1) is 12.4. The molecule has 2 aliphatic carbocycles. The first-order valence-electron chi connectivity index (χ1n) is 7.30. The minimum Gasteiger partial charge on any atom is -0.378 e. The first-order valence-corrected chi connectivity index (χ1v) is 7.30. The molecule has 2 rings (SSSR count). The number of ether oxygens (including phenoxy) is 1. The Morgan fingerprint density at radius 1 is 0.875 bits per heavy atom. The standard InChI is InChI=1S/C14H27NO/c1-3-7-14(8-4-1)16-12-6-2-5-11-15-13-9-10-13/h13-15H,1-12H2. The lowest BCUT2D eigenvalue weighted by atomic mass is 9.98. The van der Waals surface area contributed by atoms with Crippen molar-refractivity contribution in [1.29, 1.82) is 0 Å².